The number of rotatable bonds is 5. The molecule has 0 bridgehead atoms. The van der Waals surface area contributed by atoms with Crippen LogP contribution in [0, 0.1) is 12.8 Å². The van der Waals surface area contributed by atoms with E-state index in [2.05, 4.69) is 37.4 Å². The van der Waals surface area contributed by atoms with Gasteiger partial charge in [0.25, 0.3) is 0 Å². The van der Waals surface area contributed by atoms with E-state index in [1.807, 2.05) is 7.11 Å². The predicted molar refractivity (Wildman–Crippen MR) is 88.1 cm³/mol. The van der Waals surface area contributed by atoms with Crippen molar-refractivity contribution in [2.75, 3.05) is 13.7 Å². The van der Waals surface area contributed by atoms with E-state index in [-0.39, 0.29) is 5.41 Å². The molecular formula is C19H29NO. The average Bonchev–Trinajstić information content (AvgIpc) is 3.31. The summed E-state index contributed by atoms with van der Waals surface area (Å²) in [5.74, 6) is 1.95. The number of methoxy groups -OCH3 is 1. The van der Waals surface area contributed by atoms with Gasteiger partial charge in [0.05, 0.1) is 7.11 Å². The smallest absolute Gasteiger partial charge is 0.122 e. The Morgan fingerprint density at radius 3 is 2.52 bits per heavy atom. The second-order valence-electron chi connectivity index (χ2n) is 7.32. The number of hydrogen-bond acceptors (Lipinski definition) is 2. The minimum Gasteiger partial charge on any atom is -0.496 e. The zero-order chi connectivity index (χ0) is 14.9. The highest BCUT2D eigenvalue weighted by molar-refractivity contribution is 5.43. The van der Waals surface area contributed by atoms with Gasteiger partial charge in [0.1, 0.15) is 5.75 Å². The molecule has 0 radical (unpaired) electrons. The van der Waals surface area contributed by atoms with Gasteiger partial charge in [-0.3, -0.25) is 0 Å². The van der Waals surface area contributed by atoms with Crippen LogP contribution in [0.25, 0.3) is 0 Å². The first kappa shape index (κ1) is 14.9. The molecule has 3 rings (SSSR count). The molecule has 21 heavy (non-hydrogen) atoms. The summed E-state index contributed by atoms with van der Waals surface area (Å²) in [5, 5.41) is 3.80. The molecule has 2 fully saturated rings. The molecule has 116 valence electrons. The van der Waals surface area contributed by atoms with Crippen molar-refractivity contribution in [1.29, 1.82) is 0 Å². The molecule has 2 aliphatic rings. The SMILES string of the molecule is COc1ccc(C)cc1C1(CNC2CC2)CCC(C)CC1. The second kappa shape index (κ2) is 6.00. The van der Waals surface area contributed by atoms with Crippen LogP contribution in [0.4, 0.5) is 0 Å². The number of hydrogen-bond donors (Lipinski definition) is 1. The van der Waals surface area contributed by atoms with Crippen molar-refractivity contribution in [2.45, 2.75) is 63.8 Å². The third-order valence-corrected chi connectivity index (χ3v) is 5.46. The predicted octanol–water partition coefficient (Wildman–Crippen LogP) is 4.20. The van der Waals surface area contributed by atoms with Crippen molar-refractivity contribution in [3.8, 4) is 5.75 Å². The van der Waals surface area contributed by atoms with E-state index in [9.17, 15) is 0 Å². The van der Waals surface area contributed by atoms with E-state index in [1.165, 1.54) is 49.7 Å². The van der Waals surface area contributed by atoms with Crippen LogP contribution in [0.3, 0.4) is 0 Å². The Kier molecular flexibility index (Phi) is 4.26. The van der Waals surface area contributed by atoms with E-state index in [0.717, 1.165) is 24.3 Å². The Hall–Kier alpha value is -1.02. The molecule has 0 amide bonds. The summed E-state index contributed by atoms with van der Waals surface area (Å²) in [6.45, 7) is 5.70. The fourth-order valence-electron chi connectivity index (χ4n) is 3.72. The molecule has 0 aromatic heterocycles. The molecule has 0 saturated heterocycles. The van der Waals surface area contributed by atoms with Crippen molar-refractivity contribution in [2.24, 2.45) is 5.92 Å². The van der Waals surface area contributed by atoms with E-state index in [1.54, 1.807) is 0 Å². The van der Waals surface area contributed by atoms with Crippen LogP contribution in [0.15, 0.2) is 18.2 Å². The Labute approximate surface area is 129 Å². The zero-order valence-electron chi connectivity index (χ0n) is 13.7. The van der Waals surface area contributed by atoms with Crippen LogP contribution in [-0.4, -0.2) is 19.7 Å². The minimum absolute atomic E-state index is 0.270. The maximum Gasteiger partial charge on any atom is 0.122 e. The van der Waals surface area contributed by atoms with Gasteiger partial charge < -0.3 is 10.1 Å². The van der Waals surface area contributed by atoms with E-state index < -0.39 is 0 Å². The van der Waals surface area contributed by atoms with E-state index >= 15 is 0 Å². The van der Waals surface area contributed by atoms with Gasteiger partial charge in [-0.2, -0.15) is 0 Å². The third-order valence-electron chi connectivity index (χ3n) is 5.46. The van der Waals surface area contributed by atoms with Crippen LogP contribution < -0.4 is 10.1 Å². The number of ether oxygens (including phenoxy) is 1. The molecule has 1 aromatic carbocycles. The van der Waals surface area contributed by atoms with Gasteiger partial charge in [-0.15, -0.1) is 0 Å². The van der Waals surface area contributed by atoms with Gasteiger partial charge >= 0.3 is 0 Å². The molecule has 2 saturated carbocycles. The highest BCUT2D eigenvalue weighted by atomic mass is 16.5. The van der Waals surface area contributed by atoms with Crippen LogP contribution in [0.1, 0.15) is 56.6 Å². The first-order valence-electron chi connectivity index (χ1n) is 8.51. The van der Waals surface area contributed by atoms with Gasteiger partial charge in [0.2, 0.25) is 0 Å². The monoisotopic (exact) mass is 287 g/mol. The first-order chi connectivity index (χ1) is 10.1. The maximum absolute atomic E-state index is 5.70. The molecule has 1 aromatic rings. The minimum atomic E-state index is 0.270. The molecule has 0 heterocycles. The molecular weight excluding hydrogens is 258 g/mol. The summed E-state index contributed by atoms with van der Waals surface area (Å²) in [6, 6.07) is 7.46. The van der Waals surface area contributed by atoms with Crippen LogP contribution in [0.5, 0.6) is 5.75 Å². The molecule has 0 unspecified atom stereocenters. The van der Waals surface area contributed by atoms with Crippen molar-refractivity contribution >= 4 is 0 Å². The normalized spacial score (nSPS) is 29.4. The lowest BCUT2D eigenvalue weighted by Gasteiger charge is -2.41. The van der Waals surface area contributed by atoms with E-state index in [4.69, 9.17) is 4.74 Å². The third kappa shape index (κ3) is 3.26. The van der Waals surface area contributed by atoms with Gasteiger partial charge in [-0.1, -0.05) is 24.6 Å². The summed E-state index contributed by atoms with van der Waals surface area (Å²) >= 11 is 0. The molecule has 1 N–H and O–H groups in total. The van der Waals surface area contributed by atoms with Crippen LogP contribution >= 0.6 is 0 Å². The van der Waals surface area contributed by atoms with Gasteiger partial charge in [-0.05, 0) is 57.4 Å². The summed E-state index contributed by atoms with van der Waals surface area (Å²) in [4.78, 5) is 0. The number of benzene rings is 1. The zero-order valence-corrected chi connectivity index (χ0v) is 13.7. The Balaban J connectivity index is 1.91. The first-order valence-corrected chi connectivity index (χ1v) is 8.51. The Morgan fingerprint density at radius 1 is 1.19 bits per heavy atom. The summed E-state index contributed by atoms with van der Waals surface area (Å²) in [7, 11) is 1.81. The van der Waals surface area contributed by atoms with Crippen molar-refractivity contribution in [3.05, 3.63) is 29.3 Å². The fraction of sp³-hybridized carbons (Fsp3) is 0.684. The summed E-state index contributed by atoms with van der Waals surface area (Å²) in [5.41, 5.74) is 3.05. The molecule has 2 nitrogen and oxygen atoms in total. The highest BCUT2D eigenvalue weighted by Crippen LogP contribution is 2.45. The molecule has 0 atom stereocenters. The topological polar surface area (TPSA) is 21.3 Å². The number of aryl methyl sites for hydroxylation is 1. The number of nitrogens with one attached hydrogen (secondary N) is 1. The molecule has 0 aliphatic heterocycles. The van der Waals surface area contributed by atoms with Gasteiger partial charge in [0.15, 0.2) is 0 Å². The molecule has 2 heteroatoms. The lowest BCUT2D eigenvalue weighted by Crippen LogP contribution is -2.42. The average molecular weight is 287 g/mol. The van der Waals surface area contributed by atoms with E-state index in [0.29, 0.717) is 0 Å². The molecule has 0 spiro atoms. The fourth-order valence-corrected chi connectivity index (χ4v) is 3.72. The second-order valence-corrected chi connectivity index (χ2v) is 7.32. The molecule has 2 aliphatic carbocycles. The van der Waals surface area contributed by atoms with Gasteiger partial charge in [-0.25, -0.2) is 0 Å². The summed E-state index contributed by atoms with van der Waals surface area (Å²) in [6.07, 6.45) is 7.96. The van der Waals surface area contributed by atoms with Crippen molar-refractivity contribution in [1.82, 2.24) is 5.32 Å². The lowest BCUT2D eigenvalue weighted by atomic mass is 9.66. The van der Waals surface area contributed by atoms with Crippen molar-refractivity contribution in [3.63, 3.8) is 0 Å². The standard InChI is InChI=1S/C19H29NO/c1-14-8-10-19(11-9-14,13-20-16-5-6-16)17-12-15(2)4-7-18(17)21-3/h4,7,12,14,16,20H,5-6,8-11,13H2,1-3H3. The highest BCUT2D eigenvalue weighted by Gasteiger charge is 2.39. The largest absolute Gasteiger partial charge is 0.496 e. The van der Waals surface area contributed by atoms with Crippen LogP contribution in [-0.2, 0) is 5.41 Å². The Morgan fingerprint density at radius 2 is 1.90 bits per heavy atom. The van der Waals surface area contributed by atoms with Crippen LogP contribution in [0.2, 0.25) is 0 Å². The summed E-state index contributed by atoms with van der Waals surface area (Å²) < 4.78 is 5.70. The Bertz CT molecular complexity index is 484. The van der Waals surface area contributed by atoms with Crippen molar-refractivity contribution < 1.29 is 4.74 Å². The quantitative estimate of drug-likeness (QED) is 0.876. The van der Waals surface area contributed by atoms with Gasteiger partial charge in [0, 0.05) is 23.6 Å². The maximum atomic E-state index is 5.70. The lowest BCUT2D eigenvalue weighted by molar-refractivity contribution is 0.227.